The Kier molecular flexibility index (Phi) is 4.93. The second kappa shape index (κ2) is 6.36. The van der Waals surface area contributed by atoms with Crippen LogP contribution in [0.2, 0.25) is 0 Å². The molecule has 7 heteroatoms. The number of benzene rings is 1. The first-order valence-corrected chi connectivity index (χ1v) is 7.50. The van der Waals surface area contributed by atoms with Gasteiger partial charge in [-0.3, -0.25) is 4.79 Å². The second-order valence-corrected chi connectivity index (χ2v) is 6.15. The number of hydrogen-bond donors (Lipinski definition) is 2. The van der Waals surface area contributed by atoms with Crippen molar-refractivity contribution in [3.05, 3.63) is 28.2 Å². The number of amides is 1. The van der Waals surface area contributed by atoms with Crippen LogP contribution in [0.1, 0.15) is 31.2 Å². The van der Waals surface area contributed by atoms with Crippen LogP contribution in [-0.4, -0.2) is 11.9 Å². The van der Waals surface area contributed by atoms with Crippen molar-refractivity contribution in [2.24, 2.45) is 11.7 Å². The molecule has 116 valence electrons. The van der Waals surface area contributed by atoms with Crippen molar-refractivity contribution >= 4 is 27.5 Å². The normalized spacial score (nSPS) is 22.9. The Hall–Kier alpha value is -1.08. The molecule has 2 rings (SSSR count). The fourth-order valence-electron chi connectivity index (χ4n) is 2.45. The van der Waals surface area contributed by atoms with E-state index in [0.717, 1.165) is 18.9 Å². The predicted octanol–water partition coefficient (Wildman–Crippen LogP) is 3.92. The molecule has 0 radical (unpaired) electrons. The van der Waals surface area contributed by atoms with Crippen molar-refractivity contribution in [2.45, 2.75) is 37.9 Å². The maximum absolute atomic E-state index is 12.8. The average molecular weight is 365 g/mol. The first-order valence-electron chi connectivity index (χ1n) is 6.70. The predicted molar refractivity (Wildman–Crippen MR) is 77.7 cm³/mol. The van der Waals surface area contributed by atoms with E-state index in [2.05, 4.69) is 21.2 Å². The van der Waals surface area contributed by atoms with Crippen molar-refractivity contribution in [3.63, 3.8) is 0 Å². The zero-order chi connectivity index (χ0) is 15.6. The summed E-state index contributed by atoms with van der Waals surface area (Å²) in [6, 6.07) is 3.80. The van der Waals surface area contributed by atoms with Crippen LogP contribution < -0.4 is 11.1 Å². The number of nitrogens with two attached hydrogens (primary N) is 1. The molecule has 3 nitrogen and oxygen atoms in total. The maximum Gasteiger partial charge on any atom is 0.417 e. The van der Waals surface area contributed by atoms with Crippen molar-refractivity contribution < 1.29 is 18.0 Å². The Labute approximate surface area is 129 Å². The number of anilines is 1. The van der Waals surface area contributed by atoms with E-state index in [1.165, 1.54) is 12.1 Å². The van der Waals surface area contributed by atoms with Gasteiger partial charge in [-0.2, -0.15) is 13.2 Å². The van der Waals surface area contributed by atoms with Gasteiger partial charge in [-0.15, -0.1) is 0 Å². The minimum atomic E-state index is -4.46. The quantitative estimate of drug-likeness (QED) is 0.835. The summed E-state index contributed by atoms with van der Waals surface area (Å²) in [6.45, 7) is 0. The molecule has 0 unspecified atom stereocenters. The molecule has 0 spiro atoms. The molecule has 1 saturated carbocycles. The molecule has 1 aliphatic carbocycles. The van der Waals surface area contributed by atoms with Gasteiger partial charge >= 0.3 is 6.18 Å². The summed E-state index contributed by atoms with van der Waals surface area (Å²) in [5.74, 6) is -0.417. The minimum absolute atomic E-state index is 0.0448. The van der Waals surface area contributed by atoms with Crippen LogP contribution in [-0.2, 0) is 11.0 Å². The lowest BCUT2D eigenvalue weighted by Gasteiger charge is -2.25. The highest BCUT2D eigenvalue weighted by molar-refractivity contribution is 9.10. The van der Waals surface area contributed by atoms with E-state index in [-0.39, 0.29) is 28.0 Å². The van der Waals surface area contributed by atoms with Crippen LogP contribution in [0.15, 0.2) is 22.7 Å². The smallest absolute Gasteiger partial charge is 0.328 e. The van der Waals surface area contributed by atoms with Gasteiger partial charge in [-0.05, 0) is 43.9 Å². The van der Waals surface area contributed by atoms with Crippen LogP contribution in [0.25, 0.3) is 0 Å². The van der Waals surface area contributed by atoms with Crippen molar-refractivity contribution in [2.75, 3.05) is 5.32 Å². The molecule has 1 amide bonds. The number of alkyl halides is 3. The van der Waals surface area contributed by atoms with E-state index in [1.54, 1.807) is 0 Å². The van der Waals surface area contributed by atoms with E-state index in [0.29, 0.717) is 12.8 Å². The fourth-order valence-corrected chi connectivity index (χ4v) is 2.92. The van der Waals surface area contributed by atoms with Gasteiger partial charge in [0.25, 0.3) is 0 Å². The molecule has 21 heavy (non-hydrogen) atoms. The molecule has 0 atom stereocenters. The van der Waals surface area contributed by atoms with Gasteiger partial charge in [0.2, 0.25) is 5.91 Å². The molecular formula is C14H16BrF3N2O. The lowest BCUT2D eigenvalue weighted by atomic mass is 9.86. The number of halogens is 4. The highest BCUT2D eigenvalue weighted by atomic mass is 79.9. The molecule has 0 saturated heterocycles. The third kappa shape index (κ3) is 4.20. The van der Waals surface area contributed by atoms with Gasteiger partial charge in [-0.1, -0.05) is 15.9 Å². The number of carbonyl (C=O) groups is 1. The Morgan fingerprint density at radius 3 is 2.43 bits per heavy atom. The van der Waals surface area contributed by atoms with Crippen molar-refractivity contribution in [1.29, 1.82) is 0 Å². The summed E-state index contributed by atoms with van der Waals surface area (Å²) in [6.07, 6.45) is -1.57. The van der Waals surface area contributed by atoms with E-state index < -0.39 is 11.7 Å². The van der Waals surface area contributed by atoms with E-state index in [1.807, 2.05) is 0 Å². The molecule has 0 heterocycles. The first kappa shape index (κ1) is 16.3. The number of nitrogens with one attached hydrogen (secondary N) is 1. The molecule has 1 fully saturated rings. The van der Waals surface area contributed by atoms with Crippen LogP contribution >= 0.6 is 15.9 Å². The summed E-state index contributed by atoms with van der Waals surface area (Å²) in [7, 11) is 0. The van der Waals surface area contributed by atoms with E-state index >= 15 is 0 Å². The molecule has 0 aromatic heterocycles. The highest BCUT2D eigenvalue weighted by Crippen LogP contribution is 2.36. The second-order valence-electron chi connectivity index (χ2n) is 5.29. The van der Waals surface area contributed by atoms with Crippen LogP contribution in [0.5, 0.6) is 0 Å². The average Bonchev–Trinajstić information content (AvgIpc) is 2.40. The molecular weight excluding hydrogens is 349 g/mol. The fraction of sp³-hybridized carbons (Fsp3) is 0.500. The number of hydrogen-bond acceptors (Lipinski definition) is 2. The Morgan fingerprint density at radius 1 is 1.24 bits per heavy atom. The van der Waals surface area contributed by atoms with Gasteiger partial charge in [0.1, 0.15) is 0 Å². The molecule has 1 aliphatic rings. The van der Waals surface area contributed by atoms with Crippen LogP contribution in [0.3, 0.4) is 0 Å². The largest absolute Gasteiger partial charge is 0.417 e. The molecule has 3 N–H and O–H groups in total. The summed E-state index contributed by atoms with van der Waals surface area (Å²) in [5, 5.41) is 2.57. The maximum atomic E-state index is 12.8. The van der Waals surface area contributed by atoms with E-state index in [4.69, 9.17) is 5.73 Å². The zero-order valence-electron chi connectivity index (χ0n) is 11.2. The van der Waals surface area contributed by atoms with Crippen LogP contribution in [0, 0.1) is 5.92 Å². The topological polar surface area (TPSA) is 55.1 Å². The summed E-state index contributed by atoms with van der Waals surface area (Å²) in [5.41, 5.74) is 5.13. The first-order chi connectivity index (χ1) is 9.77. The molecule has 1 aromatic rings. The lowest BCUT2D eigenvalue weighted by Crippen LogP contribution is -2.32. The Morgan fingerprint density at radius 2 is 1.86 bits per heavy atom. The third-order valence-corrected chi connectivity index (χ3v) is 4.37. The zero-order valence-corrected chi connectivity index (χ0v) is 12.8. The SMILES string of the molecule is NC1CCC(C(=O)Nc2ccc(Br)c(C(F)(F)F)c2)CC1. The summed E-state index contributed by atoms with van der Waals surface area (Å²) in [4.78, 5) is 12.1. The summed E-state index contributed by atoms with van der Waals surface area (Å²) >= 11 is 2.87. The van der Waals surface area contributed by atoms with Crippen molar-refractivity contribution in [3.8, 4) is 0 Å². The third-order valence-electron chi connectivity index (χ3n) is 3.68. The van der Waals surface area contributed by atoms with Crippen molar-refractivity contribution in [1.82, 2.24) is 0 Å². The van der Waals surface area contributed by atoms with Gasteiger partial charge in [0.15, 0.2) is 0 Å². The molecule has 0 bridgehead atoms. The van der Waals surface area contributed by atoms with Gasteiger partial charge in [0.05, 0.1) is 5.56 Å². The van der Waals surface area contributed by atoms with E-state index in [9.17, 15) is 18.0 Å². The van der Waals surface area contributed by atoms with Gasteiger partial charge < -0.3 is 11.1 Å². The Bertz CT molecular complexity index is 525. The monoisotopic (exact) mass is 364 g/mol. The molecule has 1 aromatic carbocycles. The van der Waals surface area contributed by atoms with Gasteiger partial charge in [0, 0.05) is 22.1 Å². The molecule has 0 aliphatic heterocycles. The standard InChI is InChI=1S/C14H16BrF3N2O/c15-12-6-5-10(7-11(12)14(16,17)18)20-13(21)8-1-3-9(19)4-2-8/h5-9H,1-4,19H2,(H,20,21). The number of carbonyl (C=O) groups excluding carboxylic acids is 1. The highest BCUT2D eigenvalue weighted by Gasteiger charge is 2.33. The minimum Gasteiger partial charge on any atom is -0.328 e. The lowest BCUT2D eigenvalue weighted by molar-refractivity contribution is -0.138. The summed E-state index contributed by atoms with van der Waals surface area (Å²) < 4.78 is 38.4. The van der Waals surface area contributed by atoms with Crippen LogP contribution in [0.4, 0.5) is 18.9 Å². The Balaban J connectivity index is 2.08. The number of rotatable bonds is 2. The van der Waals surface area contributed by atoms with Gasteiger partial charge in [-0.25, -0.2) is 0 Å².